The molecular formula is C20H21F7N4O2. The molecule has 6 rings (SSSR count). The van der Waals surface area contributed by atoms with Gasteiger partial charge in [-0.2, -0.15) is 30.7 Å². The number of aromatic nitrogens is 2. The molecule has 1 amide bonds. The molecule has 4 saturated carbocycles. The Balaban J connectivity index is 1.44. The summed E-state index contributed by atoms with van der Waals surface area (Å²) in [5.74, 6) is -10.7. The highest BCUT2D eigenvalue weighted by atomic mass is 19.4. The second-order valence-corrected chi connectivity index (χ2v) is 10.1. The lowest BCUT2D eigenvalue weighted by Gasteiger charge is -2.60. The van der Waals surface area contributed by atoms with Crippen molar-refractivity contribution in [3.63, 3.8) is 0 Å². The minimum atomic E-state index is -5.16. The van der Waals surface area contributed by atoms with Crippen molar-refractivity contribution in [2.24, 2.45) is 11.8 Å². The average molecular weight is 482 g/mol. The molecule has 1 aromatic rings. The van der Waals surface area contributed by atoms with E-state index in [1.165, 1.54) is 0 Å². The first-order chi connectivity index (χ1) is 15.1. The first kappa shape index (κ1) is 22.6. The first-order valence-electron chi connectivity index (χ1n) is 10.6. The van der Waals surface area contributed by atoms with E-state index in [1.807, 2.05) is 0 Å². The molecule has 1 aliphatic heterocycles. The van der Waals surface area contributed by atoms with Crippen molar-refractivity contribution >= 4 is 11.9 Å². The summed E-state index contributed by atoms with van der Waals surface area (Å²) in [4.78, 5) is 19.7. The van der Waals surface area contributed by atoms with Crippen molar-refractivity contribution in [2.75, 3.05) is 18.4 Å². The highest BCUT2D eigenvalue weighted by molar-refractivity contribution is 5.95. The second kappa shape index (κ2) is 6.70. The molecule has 5 aliphatic rings. The van der Waals surface area contributed by atoms with Crippen LogP contribution in [0.2, 0.25) is 0 Å². The SMILES string of the molecule is O=C(c1cnc(NC23CC4CC(CC(O)(C4)C2)C3)nc1C(F)(F)F)N1CC(F)(F)C(F)(F)C1. The Morgan fingerprint density at radius 2 is 1.64 bits per heavy atom. The minimum Gasteiger partial charge on any atom is -0.390 e. The molecule has 2 heterocycles. The van der Waals surface area contributed by atoms with E-state index in [0.717, 1.165) is 6.42 Å². The van der Waals surface area contributed by atoms with Crippen LogP contribution >= 0.6 is 0 Å². The largest absolute Gasteiger partial charge is 0.434 e. The number of halogens is 7. The minimum absolute atomic E-state index is 0.0182. The monoisotopic (exact) mass is 482 g/mol. The Kier molecular flexibility index (Phi) is 4.59. The third-order valence-corrected chi connectivity index (χ3v) is 7.30. The smallest absolute Gasteiger partial charge is 0.390 e. The van der Waals surface area contributed by atoms with Gasteiger partial charge in [0.05, 0.1) is 24.3 Å². The molecule has 1 saturated heterocycles. The zero-order chi connectivity index (χ0) is 24.0. The molecule has 13 heteroatoms. The molecule has 6 nitrogen and oxygen atoms in total. The Hall–Kier alpha value is -2.18. The summed E-state index contributed by atoms with van der Waals surface area (Å²) in [5, 5.41) is 13.8. The van der Waals surface area contributed by atoms with Gasteiger partial charge in [0.1, 0.15) is 0 Å². The lowest BCUT2D eigenvalue weighted by atomic mass is 9.51. The van der Waals surface area contributed by atoms with Crippen LogP contribution in [0.5, 0.6) is 0 Å². The summed E-state index contributed by atoms with van der Waals surface area (Å²) in [6.07, 6.45) is -0.807. The van der Waals surface area contributed by atoms with E-state index in [2.05, 4.69) is 15.3 Å². The van der Waals surface area contributed by atoms with Gasteiger partial charge in [-0.15, -0.1) is 0 Å². The molecule has 5 fully saturated rings. The van der Waals surface area contributed by atoms with E-state index in [-0.39, 0.29) is 16.7 Å². The molecular weight excluding hydrogens is 461 g/mol. The van der Waals surface area contributed by atoms with Crippen LogP contribution < -0.4 is 5.32 Å². The van der Waals surface area contributed by atoms with Gasteiger partial charge in [0, 0.05) is 11.7 Å². The molecule has 2 atom stereocenters. The van der Waals surface area contributed by atoms with Crippen LogP contribution in [-0.4, -0.2) is 62.0 Å². The van der Waals surface area contributed by atoms with E-state index in [9.17, 15) is 40.6 Å². The Labute approximate surface area is 183 Å². The van der Waals surface area contributed by atoms with Crippen molar-refractivity contribution in [1.82, 2.24) is 14.9 Å². The van der Waals surface area contributed by atoms with Gasteiger partial charge in [0.25, 0.3) is 5.91 Å². The number of carbonyl (C=O) groups is 1. The van der Waals surface area contributed by atoms with Crippen LogP contribution in [0.15, 0.2) is 6.20 Å². The van der Waals surface area contributed by atoms with Gasteiger partial charge in [0.15, 0.2) is 5.69 Å². The molecule has 0 aromatic carbocycles. The molecule has 2 unspecified atom stereocenters. The van der Waals surface area contributed by atoms with Crippen molar-refractivity contribution in [1.29, 1.82) is 0 Å². The molecule has 4 bridgehead atoms. The molecule has 1 aromatic heterocycles. The number of amides is 1. The maximum Gasteiger partial charge on any atom is 0.434 e. The van der Waals surface area contributed by atoms with E-state index in [1.54, 1.807) is 0 Å². The number of likely N-dealkylation sites (tertiary alicyclic amines) is 1. The highest BCUT2D eigenvalue weighted by Crippen LogP contribution is 2.58. The van der Waals surface area contributed by atoms with Crippen LogP contribution in [-0.2, 0) is 6.18 Å². The number of alkyl halides is 7. The summed E-state index contributed by atoms with van der Waals surface area (Å²) in [6.45, 7) is -3.42. The number of aliphatic hydroxyl groups is 1. The number of anilines is 1. The molecule has 182 valence electrons. The fourth-order valence-corrected chi connectivity index (χ4v) is 6.49. The van der Waals surface area contributed by atoms with E-state index in [0.29, 0.717) is 38.3 Å². The molecule has 0 radical (unpaired) electrons. The molecule has 4 aliphatic carbocycles. The first-order valence-corrected chi connectivity index (χ1v) is 10.6. The van der Waals surface area contributed by atoms with E-state index >= 15 is 0 Å². The maximum absolute atomic E-state index is 13.7. The zero-order valence-corrected chi connectivity index (χ0v) is 17.2. The van der Waals surface area contributed by atoms with Gasteiger partial charge in [-0.05, 0) is 50.4 Å². The zero-order valence-electron chi connectivity index (χ0n) is 17.2. The van der Waals surface area contributed by atoms with Gasteiger partial charge in [-0.3, -0.25) is 4.79 Å². The summed E-state index contributed by atoms with van der Waals surface area (Å²) < 4.78 is 95.0. The average Bonchev–Trinajstić information content (AvgIpc) is 2.85. The topological polar surface area (TPSA) is 78.3 Å². The number of rotatable bonds is 3. The number of carbonyl (C=O) groups excluding carboxylic acids is 1. The quantitative estimate of drug-likeness (QED) is 0.643. The standard InChI is InChI=1S/C20H21F7N4O2/c21-18(22)8-31(9-19(18,23)24)14(32)12-6-28-15(29-13(12)20(25,26)27)30-16-2-10-1-11(3-16)5-17(33,4-10)7-16/h6,10-11,33H,1-5,7-9H2,(H,28,29,30). The van der Waals surface area contributed by atoms with Crippen LogP contribution in [0, 0.1) is 11.8 Å². The van der Waals surface area contributed by atoms with Crippen LogP contribution in [0.3, 0.4) is 0 Å². The summed E-state index contributed by atoms with van der Waals surface area (Å²) in [5.41, 5.74) is -4.45. The van der Waals surface area contributed by atoms with E-state index in [4.69, 9.17) is 0 Å². The third-order valence-electron chi connectivity index (χ3n) is 7.30. The summed E-state index contributed by atoms with van der Waals surface area (Å²) in [7, 11) is 0. The number of nitrogens with one attached hydrogen (secondary N) is 1. The van der Waals surface area contributed by atoms with Crippen molar-refractivity contribution < 1.29 is 40.6 Å². The third kappa shape index (κ3) is 3.71. The fourth-order valence-electron chi connectivity index (χ4n) is 6.49. The van der Waals surface area contributed by atoms with Crippen molar-refractivity contribution in [2.45, 2.75) is 67.7 Å². The lowest BCUT2D eigenvalue weighted by Crippen LogP contribution is -2.62. The van der Waals surface area contributed by atoms with Crippen LogP contribution in [0.4, 0.5) is 36.7 Å². The molecule has 0 spiro atoms. The second-order valence-electron chi connectivity index (χ2n) is 10.1. The van der Waals surface area contributed by atoms with Crippen molar-refractivity contribution in [3.8, 4) is 0 Å². The number of hydrogen-bond acceptors (Lipinski definition) is 5. The predicted octanol–water partition coefficient (Wildman–Crippen LogP) is 3.72. The van der Waals surface area contributed by atoms with Gasteiger partial charge >= 0.3 is 18.0 Å². The maximum atomic E-state index is 13.7. The Morgan fingerprint density at radius 3 is 2.15 bits per heavy atom. The van der Waals surface area contributed by atoms with Gasteiger partial charge in [-0.25, -0.2) is 9.97 Å². The molecule has 33 heavy (non-hydrogen) atoms. The normalized spacial score (nSPS) is 36.3. The number of hydrogen-bond donors (Lipinski definition) is 2. The van der Waals surface area contributed by atoms with Crippen LogP contribution in [0.1, 0.15) is 54.6 Å². The predicted molar refractivity (Wildman–Crippen MR) is 98.8 cm³/mol. The Bertz CT molecular complexity index is 969. The highest BCUT2D eigenvalue weighted by Gasteiger charge is 2.64. The van der Waals surface area contributed by atoms with Crippen LogP contribution in [0.25, 0.3) is 0 Å². The van der Waals surface area contributed by atoms with Gasteiger partial charge in [-0.1, -0.05) is 0 Å². The van der Waals surface area contributed by atoms with Gasteiger partial charge < -0.3 is 15.3 Å². The summed E-state index contributed by atoms with van der Waals surface area (Å²) >= 11 is 0. The lowest BCUT2D eigenvalue weighted by molar-refractivity contribution is -0.172. The van der Waals surface area contributed by atoms with Gasteiger partial charge in [0.2, 0.25) is 5.95 Å². The number of nitrogens with zero attached hydrogens (tertiary/aromatic N) is 3. The molecule has 2 N–H and O–H groups in total. The van der Waals surface area contributed by atoms with E-state index < -0.39 is 65.4 Å². The summed E-state index contributed by atoms with van der Waals surface area (Å²) in [6, 6.07) is 0. The van der Waals surface area contributed by atoms with Crippen molar-refractivity contribution in [3.05, 3.63) is 17.5 Å². The Morgan fingerprint density at radius 1 is 1.06 bits per heavy atom. The fraction of sp³-hybridized carbons (Fsp3) is 0.750.